The molecule has 0 saturated carbocycles. The number of nitrogens with one attached hydrogen (secondary N) is 2. The predicted molar refractivity (Wildman–Crippen MR) is 45.7 cm³/mol. The van der Waals surface area contributed by atoms with Crippen LogP contribution in [0.15, 0.2) is 0 Å². The summed E-state index contributed by atoms with van der Waals surface area (Å²) in [6.07, 6.45) is 1.07. The number of rotatable bonds is 3. The van der Waals surface area contributed by atoms with Gasteiger partial charge >= 0.3 is 0 Å². The third kappa shape index (κ3) is 3.40. The molecule has 0 aromatic carbocycles. The number of hydrogen-bond donors (Lipinski definition) is 2. The van der Waals surface area contributed by atoms with Crippen molar-refractivity contribution in [2.45, 2.75) is 40.2 Å². The third-order valence-electron chi connectivity index (χ3n) is 1.68. The van der Waals surface area contributed by atoms with Gasteiger partial charge in [-0.25, -0.2) is 5.43 Å². The molecule has 0 saturated heterocycles. The first kappa shape index (κ1) is 10.2. The summed E-state index contributed by atoms with van der Waals surface area (Å²) in [5.74, 6) is 0. The van der Waals surface area contributed by atoms with Crippen LogP contribution in [-0.2, 0) is 0 Å². The highest BCUT2D eigenvalue weighted by atomic mass is 35.5. The normalized spacial score (nSPS) is 15.3. The minimum atomic E-state index is 0.261. The van der Waals surface area contributed by atoms with Gasteiger partial charge in [0.2, 0.25) is 0 Å². The van der Waals surface area contributed by atoms with Crippen LogP contribution in [0, 0.1) is 5.41 Å². The molecule has 0 radical (unpaired) electrons. The van der Waals surface area contributed by atoms with Crippen LogP contribution in [-0.4, -0.2) is 6.04 Å². The van der Waals surface area contributed by atoms with Crippen molar-refractivity contribution in [2.75, 3.05) is 0 Å². The molecule has 0 aliphatic rings. The SMILES string of the molecule is CCC(NNCl)C(C)(C)C. The highest BCUT2D eigenvalue weighted by Crippen LogP contribution is 2.20. The molecule has 10 heavy (non-hydrogen) atoms. The summed E-state index contributed by atoms with van der Waals surface area (Å²) < 4.78 is 0. The lowest BCUT2D eigenvalue weighted by molar-refractivity contribution is 0.254. The van der Waals surface area contributed by atoms with Crippen molar-refractivity contribution in [2.24, 2.45) is 5.41 Å². The summed E-state index contributed by atoms with van der Waals surface area (Å²) in [6.45, 7) is 8.68. The Hall–Kier alpha value is 0.210. The molecule has 62 valence electrons. The maximum absolute atomic E-state index is 5.32. The summed E-state index contributed by atoms with van der Waals surface area (Å²) in [7, 11) is 0. The van der Waals surface area contributed by atoms with E-state index >= 15 is 0 Å². The molecule has 1 atom stereocenters. The van der Waals surface area contributed by atoms with Gasteiger partial charge in [0.05, 0.1) is 0 Å². The van der Waals surface area contributed by atoms with E-state index in [1.54, 1.807) is 0 Å². The van der Waals surface area contributed by atoms with E-state index in [1.165, 1.54) is 0 Å². The van der Waals surface area contributed by atoms with E-state index in [-0.39, 0.29) is 5.41 Å². The highest BCUT2D eigenvalue weighted by Gasteiger charge is 2.21. The van der Waals surface area contributed by atoms with Crippen molar-refractivity contribution in [3.63, 3.8) is 0 Å². The molecule has 3 heteroatoms. The van der Waals surface area contributed by atoms with E-state index in [1.807, 2.05) is 0 Å². The van der Waals surface area contributed by atoms with Crippen molar-refractivity contribution in [1.82, 2.24) is 10.4 Å². The van der Waals surface area contributed by atoms with Crippen molar-refractivity contribution in [3.8, 4) is 0 Å². The van der Waals surface area contributed by atoms with Gasteiger partial charge in [0, 0.05) is 6.04 Å². The van der Waals surface area contributed by atoms with Crippen LogP contribution in [0.5, 0.6) is 0 Å². The Morgan fingerprint density at radius 1 is 1.40 bits per heavy atom. The molecule has 0 rings (SSSR count). The van der Waals surface area contributed by atoms with E-state index in [0.29, 0.717) is 6.04 Å². The zero-order valence-corrected chi connectivity index (χ0v) is 7.92. The summed E-state index contributed by atoms with van der Waals surface area (Å²) in [4.78, 5) is 2.45. The van der Waals surface area contributed by atoms with Crippen LogP contribution >= 0.6 is 11.8 Å². The Morgan fingerprint density at radius 2 is 1.90 bits per heavy atom. The van der Waals surface area contributed by atoms with Gasteiger partial charge in [-0.3, -0.25) is 0 Å². The van der Waals surface area contributed by atoms with Crippen molar-refractivity contribution < 1.29 is 0 Å². The van der Waals surface area contributed by atoms with Crippen molar-refractivity contribution >= 4 is 11.8 Å². The molecular formula is C7H17ClN2. The maximum Gasteiger partial charge on any atom is 0.0271 e. The first-order chi connectivity index (χ1) is 4.52. The summed E-state index contributed by atoms with van der Waals surface area (Å²) in [5.41, 5.74) is 3.25. The second-order valence-electron chi connectivity index (χ2n) is 3.57. The van der Waals surface area contributed by atoms with Crippen LogP contribution in [0.3, 0.4) is 0 Å². The average molecular weight is 165 g/mol. The van der Waals surface area contributed by atoms with Gasteiger partial charge in [-0.05, 0) is 23.6 Å². The first-order valence-electron chi connectivity index (χ1n) is 3.63. The van der Waals surface area contributed by atoms with E-state index in [0.717, 1.165) is 6.42 Å². The monoisotopic (exact) mass is 164 g/mol. The predicted octanol–water partition coefficient (Wildman–Crippen LogP) is 2.06. The lowest BCUT2D eigenvalue weighted by atomic mass is 9.86. The van der Waals surface area contributed by atoms with Gasteiger partial charge in [-0.15, -0.1) is 0 Å². The number of hydrogen-bond acceptors (Lipinski definition) is 2. The Balaban J connectivity index is 3.81. The summed E-state index contributed by atoms with van der Waals surface area (Å²) in [6, 6.07) is 0.421. The second-order valence-corrected chi connectivity index (χ2v) is 3.75. The summed E-state index contributed by atoms with van der Waals surface area (Å²) in [5, 5.41) is 0. The molecule has 0 fully saturated rings. The maximum atomic E-state index is 5.32. The zero-order chi connectivity index (χ0) is 8.20. The Morgan fingerprint density at radius 3 is 2.00 bits per heavy atom. The Kier molecular flexibility index (Phi) is 4.25. The van der Waals surface area contributed by atoms with Gasteiger partial charge in [-0.2, -0.15) is 4.94 Å². The molecule has 0 bridgehead atoms. The fourth-order valence-corrected chi connectivity index (χ4v) is 1.13. The second kappa shape index (κ2) is 4.16. The quantitative estimate of drug-likeness (QED) is 0.493. The molecular weight excluding hydrogens is 148 g/mol. The van der Waals surface area contributed by atoms with Crippen LogP contribution in [0.4, 0.5) is 0 Å². The minimum absolute atomic E-state index is 0.261. The van der Waals surface area contributed by atoms with Gasteiger partial charge in [0.15, 0.2) is 0 Å². The van der Waals surface area contributed by atoms with Crippen LogP contribution in [0.2, 0.25) is 0 Å². The molecule has 0 spiro atoms. The van der Waals surface area contributed by atoms with E-state index < -0.39 is 0 Å². The van der Waals surface area contributed by atoms with Gasteiger partial charge in [0.25, 0.3) is 0 Å². The van der Waals surface area contributed by atoms with Crippen molar-refractivity contribution in [1.29, 1.82) is 0 Å². The zero-order valence-electron chi connectivity index (χ0n) is 7.16. The van der Waals surface area contributed by atoms with Gasteiger partial charge in [-0.1, -0.05) is 27.7 Å². The largest absolute Gasteiger partial charge is 0.240 e. The third-order valence-corrected chi connectivity index (χ3v) is 1.79. The fraction of sp³-hybridized carbons (Fsp3) is 1.00. The Labute approximate surface area is 68.4 Å². The minimum Gasteiger partial charge on any atom is -0.240 e. The van der Waals surface area contributed by atoms with E-state index in [9.17, 15) is 0 Å². The number of halogens is 1. The van der Waals surface area contributed by atoms with E-state index in [2.05, 4.69) is 38.1 Å². The lowest BCUT2D eigenvalue weighted by Crippen LogP contribution is -2.43. The van der Waals surface area contributed by atoms with Crippen LogP contribution < -0.4 is 10.4 Å². The van der Waals surface area contributed by atoms with Gasteiger partial charge in [0.1, 0.15) is 0 Å². The summed E-state index contributed by atoms with van der Waals surface area (Å²) >= 11 is 5.32. The van der Waals surface area contributed by atoms with Crippen LogP contribution in [0.25, 0.3) is 0 Å². The first-order valence-corrected chi connectivity index (χ1v) is 4.01. The molecule has 0 amide bonds. The van der Waals surface area contributed by atoms with E-state index in [4.69, 9.17) is 11.8 Å². The average Bonchev–Trinajstić information content (AvgIpc) is 1.80. The molecule has 0 aromatic heterocycles. The van der Waals surface area contributed by atoms with Gasteiger partial charge < -0.3 is 0 Å². The molecule has 2 nitrogen and oxygen atoms in total. The smallest absolute Gasteiger partial charge is 0.0271 e. The number of hydrazine groups is 1. The fourth-order valence-electron chi connectivity index (χ4n) is 0.997. The standard InChI is InChI=1S/C7H17ClN2/c1-5-6(9-10-8)7(2,3)4/h6,9-10H,5H2,1-4H3. The molecule has 2 N–H and O–H groups in total. The molecule has 0 aliphatic carbocycles. The molecule has 0 aliphatic heterocycles. The van der Waals surface area contributed by atoms with Crippen LogP contribution in [0.1, 0.15) is 34.1 Å². The molecule has 0 heterocycles. The highest BCUT2D eigenvalue weighted by molar-refractivity contribution is 6.13. The Bertz CT molecular complexity index is 88.1. The topological polar surface area (TPSA) is 24.1 Å². The van der Waals surface area contributed by atoms with Crippen molar-refractivity contribution in [3.05, 3.63) is 0 Å². The molecule has 0 aromatic rings. The lowest BCUT2D eigenvalue weighted by Gasteiger charge is -2.29. The molecule has 1 unspecified atom stereocenters.